The molecule has 3 atom stereocenters. The molecule has 202 valence electrons. The third kappa shape index (κ3) is 3.87. The summed E-state index contributed by atoms with van der Waals surface area (Å²) in [7, 11) is 0. The molecule has 4 aromatic carbocycles. The summed E-state index contributed by atoms with van der Waals surface area (Å²) in [5.41, 5.74) is -0.810. The number of amides is 2. The number of ketones is 2. The van der Waals surface area contributed by atoms with E-state index < -0.39 is 46.9 Å². The lowest BCUT2D eigenvalue weighted by Gasteiger charge is -2.27. The largest absolute Gasteiger partial charge is 0.457 e. The van der Waals surface area contributed by atoms with Crippen molar-refractivity contribution in [2.75, 3.05) is 4.90 Å². The van der Waals surface area contributed by atoms with Crippen molar-refractivity contribution in [3.8, 4) is 11.5 Å². The molecular formula is C32H19Br2NO6. The number of carbonyl (C=O) groups is 4. The Labute approximate surface area is 251 Å². The predicted octanol–water partition coefficient (Wildman–Crippen LogP) is 6.70. The number of anilines is 1. The van der Waals surface area contributed by atoms with E-state index in [0.29, 0.717) is 22.7 Å². The van der Waals surface area contributed by atoms with E-state index in [-0.39, 0.29) is 11.1 Å². The SMILES string of the molecule is O=C1[C@@H]2[C@H](c3ccc(Br)cc3)OC3(C(=O)c4ccccc4C3=O)[C@H]2C(=O)N1c1ccc(Oc2ccc(Br)cc2)cc1. The Hall–Kier alpha value is -3.92. The fourth-order valence-corrected chi connectivity index (χ4v) is 6.56. The first kappa shape index (κ1) is 26.0. The van der Waals surface area contributed by atoms with Crippen LogP contribution in [-0.4, -0.2) is 29.0 Å². The third-order valence-corrected chi connectivity index (χ3v) is 8.92. The van der Waals surface area contributed by atoms with Crippen molar-refractivity contribution in [1.82, 2.24) is 0 Å². The maximum Gasteiger partial charge on any atom is 0.241 e. The molecule has 2 amide bonds. The molecule has 1 aliphatic carbocycles. The number of Topliss-reactive ketones (excluding diaryl/α,β-unsaturated/α-hetero) is 2. The molecule has 2 heterocycles. The molecule has 3 aliphatic rings. The van der Waals surface area contributed by atoms with Crippen LogP contribution in [0.1, 0.15) is 32.4 Å². The third-order valence-electron chi connectivity index (χ3n) is 7.86. The smallest absolute Gasteiger partial charge is 0.241 e. The van der Waals surface area contributed by atoms with Crippen molar-refractivity contribution in [3.63, 3.8) is 0 Å². The molecule has 2 saturated heterocycles. The standard InChI is InChI=1S/C32H19Br2NO6/c33-18-7-5-17(6-8-18)27-25-26(32(41-27)28(36)23-3-1-2-4-24(23)29(32)37)31(39)35(30(25)38)20-11-15-22(16-12-20)40-21-13-9-19(34)10-14-21/h1-16,25-27H/t25-,26+,27-/m0/s1. The quantitative estimate of drug-likeness (QED) is 0.177. The van der Waals surface area contributed by atoms with Crippen molar-refractivity contribution in [2.24, 2.45) is 11.8 Å². The second-order valence-electron chi connectivity index (χ2n) is 10.1. The number of hydrogen-bond donors (Lipinski definition) is 0. The molecule has 0 bridgehead atoms. The van der Waals surface area contributed by atoms with E-state index in [1.807, 2.05) is 24.3 Å². The number of hydrogen-bond acceptors (Lipinski definition) is 6. The molecule has 0 aromatic heterocycles. The molecule has 2 fully saturated rings. The molecular weight excluding hydrogens is 654 g/mol. The van der Waals surface area contributed by atoms with Crippen LogP contribution in [0.4, 0.5) is 5.69 Å². The van der Waals surface area contributed by atoms with Gasteiger partial charge in [0.25, 0.3) is 0 Å². The Morgan fingerprint density at radius 2 is 1.17 bits per heavy atom. The van der Waals surface area contributed by atoms with Crippen molar-refractivity contribution >= 4 is 60.9 Å². The number of nitrogens with zero attached hydrogens (tertiary/aromatic N) is 1. The van der Waals surface area contributed by atoms with Gasteiger partial charge in [0, 0.05) is 20.1 Å². The monoisotopic (exact) mass is 671 g/mol. The number of benzene rings is 4. The molecule has 0 radical (unpaired) electrons. The summed E-state index contributed by atoms with van der Waals surface area (Å²) >= 11 is 6.80. The number of rotatable bonds is 4. The Morgan fingerprint density at radius 3 is 1.73 bits per heavy atom. The second-order valence-corrected chi connectivity index (χ2v) is 11.9. The number of imide groups is 1. The van der Waals surface area contributed by atoms with E-state index in [1.54, 1.807) is 72.8 Å². The van der Waals surface area contributed by atoms with Crippen LogP contribution >= 0.6 is 31.9 Å². The predicted molar refractivity (Wildman–Crippen MR) is 156 cm³/mol. The average molecular weight is 673 g/mol. The van der Waals surface area contributed by atoms with Gasteiger partial charge in [-0.15, -0.1) is 0 Å². The maximum atomic E-state index is 14.1. The van der Waals surface area contributed by atoms with Crippen molar-refractivity contribution in [1.29, 1.82) is 0 Å². The molecule has 1 spiro atoms. The first-order valence-electron chi connectivity index (χ1n) is 12.8. The van der Waals surface area contributed by atoms with E-state index in [1.165, 1.54) is 0 Å². The van der Waals surface area contributed by atoms with Gasteiger partial charge in [0.05, 0.1) is 23.6 Å². The van der Waals surface area contributed by atoms with Crippen LogP contribution in [0.3, 0.4) is 0 Å². The molecule has 7 rings (SSSR count). The summed E-state index contributed by atoms with van der Waals surface area (Å²) < 4.78 is 13.9. The van der Waals surface area contributed by atoms with E-state index in [0.717, 1.165) is 13.8 Å². The maximum absolute atomic E-state index is 14.1. The van der Waals surface area contributed by atoms with Crippen LogP contribution in [0.2, 0.25) is 0 Å². The summed E-state index contributed by atoms with van der Waals surface area (Å²) in [4.78, 5) is 57.0. The van der Waals surface area contributed by atoms with Crippen molar-refractivity contribution < 1.29 is 28.7 Å². The average Bonchev–Trinajstić information content (AvgIpc) is 3.55. The van der Waals surface area contributed by atoms with Gasteiger partial charge < -0.3 is 9.47 Å². The second kappa shape index (κ2) is 9.58. The lowest BCUT2D eigenvalue weighted by Crippen LogP contribution is -2.51. The van der Waals surface area contributed by atoms with Gasteiger partial charge in [0.2, 0.25) is 29.0 Å². The molecule has 2 aliphatic heterocycles. The van der Waals surface area contributed by atoms with Gasteiger partial charge in [-0.2, -0.15) is 0 Å². The highest BCUT2D eigenvalue weighted by molar-refractivity contribution is 9.10. The normalized spacial score (nSPS) is 22.4. The minimum atomic E-state index is -2.11. The van der Waals surface area contributed by atoms with E-state index in [4.69, 9.17) is 9.47 Å². The molecule has 0 saturated carbocycles. The van der Waals surface area contributed by atoms with Gasteiger partial charge in [-0.3, -0.25) is 19.2 Å². The molecule has 41 heavy (non-hydrogen) atoms. The van der Waals surface area contributed by atoms with Crippen LogP contribution in [0, 0.1) is 11.8 Å². The fraction of sp³-hybridized carbons (Fsp3) is 0.125. The molecule has 7 nitrogen and oxygen atoms in total. The van der Waals surface area contributed by atoms with E-state index >= 15 is 0 Å². The van der Waals surface area contributed by atoms with Crippen LogP contribution in [0.15, 0.2) is 106 Å². The van der Waals surface area contributed by atoms with Crippen LogP contribution in [-0.2, 0) is 14.3 Å². The Bertz CT molecular complexity index is 1720. The number of ether oxygens (including phenoxy) is 2. The van der Waals surface area contributed by atoms with Gasteiger partial charge >= 0.3 is 0 Å². The fourth-order valence-electron chi connectivity index (χ4n) is 6.03. The number of fused-ring (bicyclic) bond motifs is 3. The van der Waals surface area contributed by atoms with Gasteiger partial charge in [0.15, 0.2) is 0 Å². The van der Waals surface area contributed by atoms with E-state index in [2.05, 4.69) is 31.9 Å². The Morgan fingerprint density at radius 1 is 0.659 bits per heavy atom. The lowest BCUT2D eigenvalue weighted by atomic mass is 9.77. The van der Waals surface area contributed by atoms with Crippen molar-refractivity contribution in [3.05, 3.63) is 123 Å². The van der Waals surface area contributed by atoms with Crippen molar-refractivity contribution in [2.45, 2.75) is 11.7 Å². The van der Waals surface area contributed by atoms with Gasteiger partial charge in [-0.25, -0.2) is 4.90 Å². The minimum absolute atomic E-state index is 0.195. The van der Waals surface area contributed by atoms with E-state index in [9.17, 15) is 19.2 Å². The summed E-state index contributed by atoms with van der Waals surface area (Å²) in [5.74, 6) is -3.58. The molecule has 9 heteroatoms. The summed E-state index contributed by atoms with van der Waals surface area (Å²) in [5, 5.41) is 0. The Balaban J connectivity index is 1.28. The molecule has 4 aromatic rings. The number of carbonyl (C=O) groups excluding carboxylic acids is 4. The first-order chi connectivity index (χ1) is 19.8. The molecule has 0 unspecified atom stereocenters. The molecule has 0 N–H and O–H groups in total. The first-order valence-corrected chi connectivity index (χ1v) is 14.4. The zero-order chi connectivity index (χ0) is 28.5. The lowest BCUT2D eigenvalue weighted by molar-refractivity contribution is -0.127. The summed E-state index contributed by atoms with van der Waals surface area (Å²) in [6.45, 7) is 0. The zero-order valence-corrected chi connectivity index (χ0v) is 24.3. The van der Waals surface area contributed by atoms with Crippen LogP contribution in [0.5, 0.6) is 11.5 Å². The van der Waals surface area contributed by atoms with Crippen LogP contribution < -0.4 is 9.64 Å². The van der Waals surface area contributed by atoms with Gasteiger partial charge in [0.1, 0.15) is 11.5 Å². The topological polar surface area (TPSA) is 90.0 Å². The highest BCUT2D eigenvalue weighted by Crippen LogP contribution is 2.57. The van der Waals surface area contributed by atoms with Gasteiger partial charge in [-0.05, 0) is 66.2 Å². The zero-order valence-electron chi connectivity index (χ0n) is 21.1. The Kier molecular flexibility index (Phi) is 6.08. The summed E-state index contributed by atoms with van der Waals surface area (Å²) in [6, 6.07) is 27.4. The summed E-state index contributed by atoms with van der Waals surface area (Å²) in [6.07, 6.45) is -0.975. The van der Waals surface area contributed by atoms with Gasteiger partial charge in [-0.1, -0.05) is 68.3 Å². The van der Waals surface area contributed by atoms with Crippen LogP contribution in [0.25, 0.3) is 0 Å². The highest BCUT2D eigenvalue weighted by atomic mass is 79.9. The number of halogens is 2. The highest BCUT2D eigenvalue weighted by Gasteiger charge is 2.74. The minimum Gasteiger partial charge on any atom is -0.457 e.